The molecule has 1 aromatic heterocycles. The summed E-state index contributed by atoms with van der Waals surface area (Å²) in [4.78, 5) is 2.93. The van der Waals surface area contributed by atoms with Gasteiger partial charge in [0.05, 0.1) is 7.11 Å². The van der Waals surface area contributed by atoms with Gasteiger partial charge in [0, 0.05) is 17.1 Å². The van der Waals surface area contributed by atoms with Crippen molar-refractivity contribution >= 4 is 10.9 Å². The molecular formula is C9H9NO2. The molecule has 0 amide bonds. The summed E-state index contributed by atoms with van der Waals surface area (Å²) in [6, 6.07) is 5.51. The van der Waals surface area contributed by atoms with Crippen molar-refractivity contribution in [2.45, 2.75) is 0 Å². The van der Waals surface area contributed by atoms with E-state index in [4.69, 9.17) is 4.74 Å². The minimum atomic E-state index is 0.254. The van der Waals surface area contributed by atoms with Crippen molar-refractivity contribution in [3.8, 4) is 11.5 Å². The van der Waals surface area contributed by atoms with Crippen molar-refractivity contribution in [3.63, 3.8) is 0 Å². The number of hydrogen-bond donors (Lipinski definition) is 2. The topological polar surface area (TPSA) is 45.2 Å². The van der Waals surface area contributed by atoms with E-state index in [-0.39, 0.29) is 5.75 Å². The van der Waals surface area contributed by atoms with E-state index in [1.54, 1.807) is 19.4 Å². The van der Waals surface area contributed by atoms with E-state index in [2.05, 4.69) is 4.98 Å². The van der Waals surface area contributed by atoms with Crippen molar-refractivity contribution < 1.29 is 9.84 Å². The monoisotopic (exact) mass is 163 g/mol. The van der Waals surface area contributed by atoms with Crippen LogP contribution in [-0.4, -0.2) is 17.2 Å². The molecule has 0 spiro atoms. The largest absolute Gasteiger partial charge is 0.506 e. The molecule has 62 valence electrons. The summed E-state index contributed by atoms with van der Waals surface area (Å²) in [6.45, 7) is 0. The average Bonchev–Trinajstić information content (AvgIpc) is 2.47. The zero-order valence-electron chi connectivity index (χ0n) is 6.66. The summed E-state index contributed by atoms with van der Waals surface area (Å²) in [5.41, 5.74) is 0.910. The van der Waals surface area contributed by atoms with Gasteiger partial charge in [-0.15, -0.1) is 0 Å². The average molecular weight is 163 g/mol. The molecule has 3 heteroatoms. The van der Waals surface area contributed by atoms with Crippen LogP contribution in [-0.2, 0) is 0 Å². The molecule has 2 aromatic rings. The predicted molar refractivity (Wildman–Crippen MR) is 46.5 cm³/mol. The number of aromatic hydroxyl groups is 1. The van der Waals surface area contributed by atoms with E-state index in [1.165, 1.54) is 0 Å². The number of aromatic nitrogens is 1. The Balaban J connectivity index is 2.71. The molecule has 0 saturated carbocycles. The molecule has 0 saturated heterocycles. The fraction of sp³-hybridized carbons (Fsp3) is 0.111. The standard InChI is InChI=1S/C9H9NO2/c1-12-6-2-3-8-7(4-6)9(11)5-10-8/h2-5,10-11H,1H3. The summed E-state index contributed by atoms with van der Waals surface area (Å²) in [5, 5.41) is 10.1. The van der Waals surface area contributed by atoms with Gasteiger partial charge in [-0.25, -0.2) is 0 Å². The van der Waals surface area contributed by atoms with Crippen LogP contribution in [0.4, 0.5) is 0 Å². The number of ether oxygens (including phenoxy) is 1. The van der Waals surface area contributed by atoms with Crippen LogP contribution in [0.25, 0.3) is 10.9 Å². The van der Waals surface area contributed by atoms with Crippen LogP contribution in [0.1, 0.15) is 0 Å². The summed E-state index contributed by atoms with van der Waals surface area (Å²) in [7, 11) is 1.60. The van der Waals surface area contributed by atoms with E-state index in [0.29, 0.717) is 0 Å². The van der Waals surface area contributed by atoms with Crippen LogP contribution in [0, 0.1) is 0 Å². The van der Waals surface area contributed by atoms with Gasteiger partial charge in [-0.3, -0.25) is 0 Å². The lowest BCUT2D eigenvalue weighted by atomic mass is 10.2. The van der Waals surface area contributed by atoms with E-state index >= 15 is 0 Å². The maximum Gasteiger partial charge on any atom is 0.140 e. The van der Waals surface area contributed by atoms with Crippen molar-refractivity contribution in [2.75, 3.05) is 7.11 Å². The zero-order valence-corrected chi connectivity index (χ0v) is 6.66. The van der Waals surface area contributed by atoms with Gasteiger partial charge in [0.2, 0.25) is 0 Å². The molecule has 12 heavy (non-hydrogen) atoms. The van der Waals surface area contributed by atoms with Gasteiger partial charge in [-0.2, -0.15) is 0 Å². The van der Waals surface area contributed by atoms with Gasteiger partial charge in [0.15, 0.2) is 0 Å². The number of nitrogens with one attached hydrogen (secondary N) is 1. The van der Waals surface area contributed by atoms with Crippen LogP contribution < -0.4 is 4.74 Å². The van der Waals surface area contributed by atoms with Gasteiger partial charge in [-0.1, -0.05) is 0 Å². The minimum absolute atomic E-state index is 0.254. The Kier molecular flexibility index (Phi) is 1.43. The Morgan fingerprint density at radius 3 is 3.00 bits per heavy atom. The molecule has 1 aromatic carbocycles. The highest BCUT2D eigenvalue weighted by molar-refractivity contribution is 5.86. The van der Waals surface area contributed by atoms with E-state index in [0.717, 1.165) is 16.7 Å². The van der Waals surface area contributed by atoms with E-state index in [9.17, 15) is 5.11 Å². The highest BCUT2D eigenvalue weighted by Gasteiger charge is 2.01. The number of fused-ring (bicyclic) bond motifs is 1. The fourth-order valence-corrected chi connectivity index (χ4v) is 1.21. The smallest absolute Gasteiger partial charge is 0.140 e. The third kappa shape index (κ3) is 0.906. The van der Waals surface area contributed by atoms with Crippen LogP contribution in [0.2, 0.25) is 0 Å². The number of aromatic amines is 1. The van der Waals surface area contributed by atoms with Crippen molar-refractivity contribution in [3.05, 3.63) is 24.4 Å². The highest BCUT2D eigenvalue weighted by Crippen LogP contribution is 2.27. The first-order chi connectivity index (χ1) is 5.81. The Hall–Kier alpha value is -1.64. The highest BCUT2D eigenvalue weighted by atomic mass is 16.5. The number of hydrogen-bond acceptors (Lipinski definition) is 2. The number of methoxy groups -OCH3 is 1. The molecule has 0 radical (unpaired) electrons. The second kappa shape index (κ2) is 2.44. The molecule has 0 aliphatic carbocycles. The first-order valence-corrected chi connectivity index (χ1v) is 3.65. The van der Waals surface area contributed by atoms with Gasteiger partial charge < -0.3 is 14.8 Å². The number of H-pyrrole nitrogens is 1. The Bertz CT molecular complexity index is 406. The molecule has 0 aliphatic rings. The van der Waals surface area contributed by atoms with Crippen LogP contribution in [0.3, 0.4) is 0 Å². The Labute approximate surface area is 69.6 Å². The van der Waals surface area contributed by atoms with Gasteiger partial charge in [0.1, 0.15) is 11.5 Å². The second-order valence-corrected chi connectivity index (χ2v) is 2.59. The first kappa shape index (κ1) is 7.03. The molecule has 0 atom stereocenters. The molecule has 0 unspecified atom stereocenters. The lowest BCUT2D eigenvalue weighted by Gasteiger charge is -1.98. The normalized spacial score (nSPS) is 10.4. The third-order valence-electron chi connectivity index (χ3n) is 1.87. The number of benzene rings is 1. The summed E-state index contributed by atoms with van der Waals surface area (Å²) in [5.74, 6) is 1.00. The second-order valence-electron chi connectivity index (χ2n) is 2.59. The first-order valence-electron chi connectivity index (χ1n) is 3.65. The molecule has 3 nitrogen and oxygen atoms in total. The van der Waals surface area contributed by atoms with Crippen LogP contribution in [0.15, 0.2) is 24.4 Å². The lowest BCUT2D eigenvalue weighted by molar-refractivity contribution is 0.415. The fourth-order valence-electron chi connectivity index (χ4n) is 1.21. The molecule has 0 fully saturated rings. The summed E-state index contributed by atoms with van der Waals surface area (Å²) in [6.07, 6.45) is 1.56. The predicted octanol–water partition coefficient (Wildman–Crippen LogP) is 1.88. The SMILES string of the molecule is COc1ccc2[nH]cc(O)c2c1. The van der Waals surface area contributed by atoms with E-state index in [1.807, 2.05) is 12.1 Å². The van der Waals surface area contributed by atoms with Crippen molar-refractivity contribution in [1.82, 2.24) is 4.98 Å². The summed E-state index contributed by atoms with van der Waals surface area (Å²) >= 11 is 0. The van der Waals surface area contributed by atoms with Crippen molar-refractivity contribution in [2.24, 2.45) is 0 Å². The molecular weight excluding hydrogens is 154 g/mol. The summed E-state index contributed by atoms with van der Waals surface area (Å²) < 4.78 is 5.02. The molecule has 2 rings (SSSR count). The quantitative estimate of drug-likeness (QED) is 0.674. The van der Waals surface area contributed by atoms with Crippen LogP contribution in [0.5, 0.6) is 11.5 Å². The van der Waals surface area contributed by atoms with Gasteiger partial charge >= 0.3 is 0 Å². The van der Waals surface area contributed by atoms with Crippen LogP contribution >= 0.6 is 0 Å². The van der Waals surface area contributed by atoms with Gasteiger partial charge in [0.25, 0.3) is 0 Å². The maximum atomic E-state index is 9.34. The lowest BCUT2D eigenvalue weighted by Crippen LogP contribution is -1.80. The zero-order chi connectivity index (χ0) is 8.55. The Morgan fingerprint density at radius 1 is 1.42 bits per heavy atom. The van der Waals surface area contributed by atoms with Crippen molar-refractivity contribution in [1.29, 1.82) is 0 Å². The van der Waals surface area contributed by atoms with E-state index < -0.39 is 0 Å². The van der Waals surface area contributed by atoms with Gasteiger partial charge in [-0.05, 0) is 18.2 Å². The Morgan fingerprint density at radius 2 is 2.25 bits per heavy atom. The third-order valence-corrected chi connectivity index (χ3v) is 1.87. The maximum absolute atomic E-state index is 9.34. The molecule has 1 heterocycles. The molecule has 2 N–H and O–H groups in total. The minimum Gasteiger partial charge on any atom is -0.506 e. The molecule has 0 bridgehead atoms. The number of rotatable bonds is 1. The molecule has 0 aliphatic heterocycles.